The molecule has 80 valence electrons. The number of hydrogen-bond donors (Lipinski definition) is 2. The number of H-pyrrole nitrogens is 1. The molecule has 0 spiro atoms. The van der Waals surface area contributed by atoms with Gasteiger partial charge in [-0.05, 0) is 26.1 Å². The number of fused-ring (bicyclic) bond motifs is 1. The maximum atomic E-state index is 4.30. The van der Waals surface area contributed by atoms with Crippen LogP contribution in [0.5, 0.6) is 0 Å². The Hall–Kier alpha value is -1.00. The van der Waals surface area contributed by atoms with Crippen molar-refractivity contribution in [1.82, 2.24) is 15.1 Å². The SMILES string of the molecule is CN(C)CCc1cccc2c(S)n[nH]c12. The van der Waals surface area contributed by atoms with Gasteiger partial charge >= 0.3 is 0 Å². The van der Waals surface area contributed by atoms with E-state index in [-0.39, 0.29) is 0 Å². The number of rotatable bonds is 3. The fraction of sp³-hybridized carbons (Fsp3) is 0.364. The first-order chi connectivity index (χ1) is 7.18. The molecule has 0 aliphatic carbocycles. The number of aromatic amines is 1. The summed E-state index contributed by atoms with van der Waals surface area (Å²) in [4.78, 5) is 2.18. The molecule has 1 aromatic heterocycles. The van der Waals surface area contributed by atoms with Gasteiger partial charge in [-0.3, -0.25) is 5.10 Å². The van der Waals surface area contributed by atoms with Crippen LogP contribution < -0.4 is 0 Å². The topological polar surface area (TPSA) is 31.9 Å². The van der Waals surface area contributed by atoms with Crippen molar-refractivity contribution in [1.29, 1.82) is 0 Å². The van der Waals surface area contributed by atoms with Gasteiger partial charge in [0.05, 0.1) is 5.52 Å². The zero-order chi connectivity index (χ0) is 10.8. The maximum Gasteiger partial charge on any atom is 0.123 e. The molecule has 2 rings (SSSR count). The van der Waals surface area contributed by atoms with Crippen molar-refractivity contribution in [3.8, 4) is 0 Å². The van der Waals surface area contributed by atoms with E-state index in [1.165, 1.54) is 5.56 Å². The molecular weight excluding hydrogens is 206 g/mol. The van der Waals surface area contributed by atoms with Crippen LogP contribution in [0, 0.1) is 0 Å². The van der Waals surface area contributed by atoms with E-state index >= 15 is 0 Å². The number of likely N-dealkylation sites (N-methyl/N-ethyl adjacent to an activating group) is 1. The van der Waals surface area contributed by atoms with Crippen LogP contribution in [0.3, 0.4) is 0 Å². The van der Waals surface area contributed by atoms with Gasteiger partial charge in [-0.25, -0.2) is 0 Å². The van der Waals surface area contributed by atoms with E-state index in [1.807, 2.05) is 6.07 Å². The molecule has 1 heterocycles. The molecule has 2 aromatic rings. The van der Waals surface area contributed by atoms with E-state index in [4.69, 9.17) is 0 Å². The van der Waals surface area contributed by atoms with Gasteiger partial charge < -0.3 is 4.90 Å². The number of aromatic nitrogens is 2. The summed E-state index contributed by atoms with van der Waals surface area (Å²) in [5.41, 5.74) is 2.42. The third-order valence-corrected chi connectivity index (χ3v) is 2.83. The van der Waals surface area contributed by atoms with Gasteiger partial charge in [-0.15, -0.1) is 12.6 Å². The van der Waals surface area contributed by atoms with Gasteiger partial charge in [-0.1, -0.05) is 18.2 Å². The second-order valence-electron chi connectivity index (χ2n) is 3.94. The Bertz CT molecular complexity index is 462. The predicted molar refractivity (Wildman–Crippen MR) is 65.6 cm³/mol. The molecule has 0 radical (unpaired) electrons. The first-order valence-corrected chi connectivity index (χ1v) is 5.43. The molecule has 0 unspecified atom stereocenters. The molecule has 3 nitrogen and oxygen atoms in total. The van der Waals surface area contributed by atoms with Crippen molar-refractivity contribution in [3.05, 3.63) is 23.8 Å². The largest absolute Gasteiger partial charge is 0.309 e. The van der Waals surface area contributed by atoms with E-state index < -0.39 is 0 Å². The van der Waals surface area contributed by atoms with E-state index in [9.17, 15) is 0 Å². The van der Waals surface area contributed by atoms with Gasteiger partial charge in [0.2, 0.25) is 0 Å². The van der Waals surface area contributed by atoms with Crippen LogP contribution in [0.4, 0.5) is 0 Å². The third kappa shape index (κ3) is 2.16. The highest BCUT2D eigenvalue weighted by Crippen LogP contribution is 2.22. The summed E-state index contributed by atoms with van der Waals surface area (Å²) in [6.07, 6.45) is 1.03. The maximum absolute atomic E-state index is 4.30. The number of thiol groups is 1. The minimum absolute atomic E-state index is 0.775. The summed E-state index contributed by atoms with van der Waals surface area (Å²) in [7, 11) is 4.16. The lowest BCUT2D eigenvalue weighted by atomic mass is 10.1. The molecule has 1 aromatic carbocycles. The summed E-state index contributed by atoms with van der Waals surface area (Å²) in [6, 6.07) is 6.24. The summed E-state index contributed by atoms with van der Waals surface area (Å²) in [5, 5.41) is 9.03. The molecule has 0 bridgehead atoms. The average molecular weight is 221 g/mol. The van der Waals surface area contributed by atoms with E-state index in [2.05, 4.69) is 54.0 Å². The van der Waals surface area contributed by atoms with Crippen molar-refractivity contribution in [2.45, 2.75) is 11.4 Å². The predicted octanol–water partition coefficient (Wildman–Crippen LogP) is 1.96. The number of nitrogens with zero attached hydrogens (tertiary/aromatic N) is 2. The van der Waals surface area contributed by atoms with Crippen LogP contribution in [-0.4, -0.2) is 35.7 Å². The fourth-order valence-corrected chi connectivity index (χ4v) is 1.88. The molecule has 1 N–H and O–H groups in total. The van der Waals surface area contributed by atoms with Crippen LogP contribution >= 0.6 is 12.6 Å². The van der Waals surface area contributed by atoms with Crippen molar-refractivity contribution in [3.63, 3.8) is 0 Å². The minimum atomic E-state index is 0.775. The van der Waals surface area contributed by atoms with Crippen LogP contribution in [0.15, 0.2) is 23.2 Å². The number of hydrogen-bond acceptors (Lipinski definition) is 3. The molecule has 0 fully saturated rings. The standard InChI is InChI=1S/C11H15N3S/c1-14(2)7-6-8-4-3-5-9-10(8)12-13-11(9)15/h3-5H,6-7H2,1-2H3,(H2,12,13,15). The van der Waals surface area contributed by atoms with E-state index in [1.54, 1.807) is 0 Å². The van der Waals surface area contributed by atoms with Crippen LogP contribution in [0.1, 0.15) is 5.56 Å². The first-order valence-electron chi connectivity index (χ1n) is 4.98. The van der Waals surface area contributed by atoms with Gasteiger partial charge in [0.15, 0.2) is 0 Å². The van der Waals surface area contributed by atoms with Crippen molar-refractivity contribution in [2.24, 2.45) is 0 Å². The molecule has 0 aliphatic heterocycles. The molecule has 15 heavy (non-hydrogen) atoms. The Morgan fingerprint density at radius 2 is 2.20 bits per heavy atom. The Labute approximate surface area is 94.9 Å². The highest BCUT2D eigenvalue weighted by molar-refractivity contribution is 7.80. The lowest BCUT2D eigenvalue weighted by molar-refractivity contribution is 0.414. The average Bonchev–Trinajstić information content (AvgIpc) is 2.58. The number of benzene rings is 1. The molecule has 0 aliphatic rings. The summed E-state index contributed by atoms with van der Waals surface area (Å²) in [5.74, 6) is 0. The Morgan fingerprint density at radius 1 is 1.40 bits per heavy atom. The highest BCUT2D eigenvalue weighted by atomic mass is 32.1. The lowest BCUT2D eigenvalue weighted by Crippen LogP contribution is -2.15. The third-order valence-electron chi connectivity index (χ3n) is 2.49. The minimum Gasteiger partial charge on any atom is -0.309 e. The van der Waals surface area contributed by atoms with Gasteiger partial charge in [0.1, 0.15) is 5.03 Å². The summed E-state index contributed by atoms with van der Waals surface area (Å²) < 4.78 is 0. The normalized spacial score (nSPS) is 11.5. The van der Waals surface area contributed by atoms with Crippen LogP contribution in [-0.2, 0) is 6.42 Å². The van der Waals surface area contributed by atoms with Crippen molar-refractivity contribution >= 4 is 23.5 Å². The molecule has 0 amide bonds. The zero-order valence-corrected chi connectivity index (χ0v) is 9.88. The van der Waals surface area contributed by atoms with Crippen LogP contribution in [0.2, 0.25) is 0 Å². The Kier molecular flexibility index (Phi) is 2.98. The van der Waals surface area contributed by atoms with Gasteiger partial charge in [-0.2, -0.15) is 5.10 Å². The van der Waals surface area contributed by atoms with Gasteiger partial charge in [0.25, 0.3) is 0 Å². The van der Waals surface area contributed by atoms with Crippen LogP contribution in [0.25, 0.3) is 10.9 Å². The monoisotopic (exact) mass is 221 g/mol. The lowest BCUT2D eigenvalue weighted by Gasteiger charge is -2.09. The van der Waals surface area contributed by atoms with Crippen molar-refractivity contribution in [2.75, 3.05) is 20.6 Å². The number of para-hydroxylation sites is 1. The highest BCUT2D eigenvalue weighted by Gasteiger charge is 2.06. The number of nitrogens with one attached hydrogen (secondary N) is 1. The molecule has 0 saturated heterocycles. The fourth-order valence-electron chi connectivity index (χ4n) is 1.64. The second-order valence-corrected chi connectivity index (χ2v) is 4.36. The summed E-state index contributed by atoms with van der Waals surface area (Å²) >= 11 is 4.30. The Morgan fingerprint density at radius 3 is 2.93 bits per heavy atom. The first kappa shape index (κ1) is 10.5. The smallest absolute Gasteiger partial charge is 0.123 e. The summed E-state index contributed by atoms with van der Waals surface area (Å²) in [6.45, 7) is 1.04. The van der Waals surface area contributed by atoms with E-state index in [0.29, 0.717) is 0 Å². The molecule has 0 saturated carbocycles. The molecule has 0 atom stereocenters. The zero-order valence-electron chi connectivity index (χ0n) is 8.99. The quantitative estimate of drug-likeness (QED) is 0.776. The second kappa shape index (κ2) is 4.24. The van der Waals surface area contributed by atoms with Crippen molar-refractivity contribution < 1.29 is 0 Å². The Balaban J connectivity index is 2.34. The molecular formula is C11H15N3S. The molecule has 4 heteroatoms. The van der Waals surface area contributed by atoms with E-state index in [0.717, 1.165) is 28.9 Å². The van der Waals surface area contributed by atoms with Gasteiger partial charge in [0, 0.05) is 11.9 Å².